The Hall–Kier alpha value is -4.84. The van der Waals surface area contributed by atoms with Crippen molar-refractivity contribution in [2.24, 2.45) is 0 Å². The summed E-state index contributed by atoms with van der Waals surface area (Å²) in [6.45, 7) is 2.58. The van der Waals surface area contributed by atoms with Gasteiger partial charge in [0.2, 0.25) is 0 Å². The molecule has 4 aromatic rings. The Labute approximate surface area is 226 Å². The topological polar surface area (TPSA) is 76.1 Å². The van der Waals surface area contributed by atoms with Crippen LogP contribution >= 0.6 is 0 Å². The number of ketones is 1. The molecule has 2 aliphatic heterocycles. The summed E-state index contributed by atoms with van der Waals surface area (Å²) in [5, 5.41) is 11.6. The SMILES string of the molecule is Cc1cccc(N2C(=O)C(=O)/C(=C(\O)c3ccc4c(c3)CCCO4)C2c2cccc(Oc3ccccc3)c2)c1. The average molecular weight is 518 g/mol. The van der Waals surface area contributed by atoms with Gasteiger partial charge >= 0.3 is 0 Å². The smallest absolute Gasteiger partial charge is 0.300 e. The summed E-state index contributed by atoms with van der Waals surface area (Å²) in [5.41, 5.74) is 3.65. The fourth-order valence-corrected chi connectivity index (χ4v) is 5.23. The number of amides is 1. The van der Waals surface area contributed by atoms with Crippen molar-refractivity contribution >= 4 is 23.1 Å². The number of aliphatic hydroxyl groups excluding tert-OH is 1. The Bertz CT molecular complexity index is 1610. The van der Waals surface area contributed by atoms with E-state index in [2.05, 4.69) is 0 Å². The first-order chi connectivity index (χ1) is 19.0. The van der Waals surface area contributed by atoms with Crippen LogP contribution in [0.5, 0.6) is 17.2 Å². The van der Waals surface area contributed by atoms with Crippen LogP contribution in [0.2, 0.25) is 0 Å². The lowest BCUT2D eigenvalue weighted by Crippen LogP contribution is -2.29. The molecule has 1 unspecified atom stereocenters. The maximum atomic E-state index is 13.6. The summed E-state index contributed by atoms with van der Waals surface area (Å²) >= 11 is 0. The Morgan fingerprint density at radius 2 is 1.69 bits per heavy atom. The van der Waals surface area contributed by atoms with Gasteiger partial charge < -0.3 is 14.6 Å². The zero-order valence-corrected chi connectivity index (χ0v) is 21.5. The van der Waals surface area contributed by atoms with Crippen molar-refractivity contribution in [3.8, 4) is 17.2 Å². The molecule has 0 radical (unpaired) electrons. The second-order valence-corrected chi connectivity index (χ2v) is 9.77. The van der Waals surface area contributed by atoms with Crippen LogP contribution in [0.3, 0.4) is 0 Å². The van der Waals surface area contributed by atoms with Crippen LogP contribution in [0.25, 0.3) is 5.76 Å². The molecule has 0 aromatic heterocycles. The molecular weight excluding hydrogens is 490 g/mol. The molecule has 2 aliphatic rings. The van der Waals surface area contributed by atoms with Gasteiger partial charge in [-0.3, -0.25) is 14.5 Å². The van der Waals surface area contributed by atoms with E-state index in [0.717, 1.165) is 29.7 Å². The van der Waals surface area contributed by atoms with Crippen molar-refractivity contribution in [1.29, 1.82) is 0 Å². The molecule has 6 rings (SSSR count). The highest BCUT2D eigenvalue weighted by molar-refractivity contribution is 6.51. The number of para-hydroxylation sites is 1. The monoisotopic (exact) mass is 517 g/mol. The third-order valence-corrected chi connectivity index (χ3v) is 7.06. The van der Waals surface area contributed by atoms with Crippen LogP contribution in [-0.4, -0.2) is 23.4 Å². The largest absolute Gasteiger partial charge is 0.507 e. The lowest BCUT2D eigenvalue weighted by molar-refractivity contribution is -0.132. The number of rotatable bonds is 5. The van der Waals surface area contributed by atoms with E-state index in [9.17, 15) is 14.7 Å². The van der Waals surface area contributed by atoms with E-state index < -0.39 is 17.7 Å². The zero-order valence-electron chi connectivity index (χ0n) is 21.5. The second kappa shape index (κ2) is 10.1. The number of carbonyl (C=O) groups excluding carboxylic acids is 2. The van der Waals surface area contributed by atoms with Crippen LogP contribution in [0.1, 0.15) is 34.7 Å². The van der Waals surface area contributed by atoms with E-state index in [-0.39, 0.29) is 11.3 Å². The molecule has 0 saturated carbocycles. The summed E-state index contributed by atoms with van der Waals surface area (Å²) in [6, 6.07) is 28.6. The lowest BCUT2D eigenvalue weighted by atomic mass is 9.93. The van der Waals surface area contributed by atoms with Gasteiger partial charge in [-0.25, -0.2) is 0 Å². The summed E-state index contributed by atoms with van der Waals surface area (Å²) in [6.07, 6.45) is 1.69. The van der Waals surface area contributed by atoms with Crippen molar-refractivity contribution < 1.29 is 24.2 Å². The lowest BCUT2D eigenvalue weighted by Gasteiger charge is -2.26. The molecule has 4 aromatic carbocycles. The molecule has 1 saturated heterocycles. The molecule has 0 aliphatic carbocycles. The first-order valence-electron chi connectivity index (χ1n) is 13.0. The number of anilines is 1. The number of hydrogen-bond acceptors (Lipinski definition) is 5. The first kappa shape index (κ1) is 24.5. The predicted molar refractivity (Wildman–Crippen MR) is 149 cm³/mol. The van der Waals surface area contributed by atoms with Gasteiger partial charge in [-0.15, -0.1) is 0 Å². The predicted octanol–water partition coefficient (Wildman–Crippen LogP) is 6.74. The van der Waals surface area contributed by atoms with Crippen molar-refractivity contribution in [1.82, 2.24) is 0 Å². The van der Waals surface area contributed by atoms with Crippen LogP contribution in [0, 0.1) is 6.92 Å². The molecule has 2 heterocycles. The van der Waals surface area contributed by atoms with Crippen molar-refractivity contribution in [3.05, 3.63) is 125 Å². The number of nitrogens with zero attached hydrogens (tertiary/aromatic N) is 1. The van der Waals surface area contributed by atoms with Crippen LogP contribution in [-0.2, 0) is 16.0 Å². The molecule has 0 spiro atoms. The molecule has 1 N–H and O–H groups in total. The van der Waals surface area contributed by atoms with Gasteiger partial charge in [0.05, 0.1) is 18.2 Å². The molecule has 39 heavy (non-hydrogen) atoms. The fourth-order valence-electron chi connectivity index (χ4n) is 5.23. The maximum absolute atomic E-state index is 13.6. The minimum atomic E-state index is -0.849. The number of aryl methyl sites for hydroxylation is 2. The number of Topliss-reactive ketones (excluding diaryl/α,β-unsaturated/α-hetero) is 1. The van der Waals surface area contributed by atoms with Crippen molar-refractivity contribution in [2.75, 3.05) is 11.5 Å². The van der Waals surface area contributed by atoms with E-state index in [0.29, 0.717) is 34.9 Å². The van der Waals surface area contributed by atoms with Gasteiger partial charge in [0.15, 0.2) is 0 Å². The molecule has 1 atom stereocenters. The summed E-state index contributed by atoms with van der Waals surface area (Å²) in [7, 11) is 0. The Balaban J connectivity index is 1.50. The number of fused-ring (bicyclic) bond motifs is 1. The Morgan fingerprint density at radius 1 is 0.897 bits per heavy atom. The Morgan fingerprint density at radius 3 is 2.51 bits per heavy atom. The second-order valence-electron chi connectivity index (χ2n) is 9.77. The van der Waals surface area contributed by atoms with E-state index in [1.165, 1.54) is 4.90 Å². The Kier molecular flexibility index (Phi) is 6.37. The van der Waals surface area contributed by atoms with Gasteiger partial charge in [0.25, 0.3) is 11.7 Å². The van der Waals surface area contributed by atoms with Gasteiger partial charge in [-0.2, -0.15) is 0 Å². The normalized spacial score (nSPS) is 18.0. The van der Waals surface area contributed by atoms with Crippen LogP contribution in [0.4, 0.5) is 5.69 Å². The van der Waals surface area contributed by atoms with Crippen molar-refractivity contribution in [2.45, 2.75) is 25.8 Å². The van der Waals surface area contributed by atoms with E-state index >= 15 is 0 Å². The van der Waals surface area contributed by atoms with Gasteiger partial charge in [0, 0.05) is 11.3 Å². The molecule has 1 fully saturated rings. The molecule has 0 bridgehead atoms. The summed E-state index contributed by atoms with van der Waals surface area (Å²) in [4.78, 5) is 28.6. The molecule has 1 amide bonds. The number of carbonyl (C=O) groups is 2. The van der Waals surface area contributed by atoms with E-state index in [1.807, 2.05) is 85.8 Å². The van der Waals surface area contributed by atoms with Crippen molar-refractivity contribution in [3.63, 3.8) is 0 Å². The number of benzene rings is 4. The standard InChI is InChI=1S/C33H27NO5/c1-21-8-5-11-25(18-21)34-30(23-9-6-14-27(20-23)39-26-12-3-2-4-13-26)29(32(36)33(34)37)31(35)24-15-16-28-22(19-24)10-7-17-38-28/h2-6,8-9,11-16,18-20,30,35H,7,10,17H2,1H3/b31-29-. The van der Waals surface area contributed by atoms with E-state index in [1.54, 1.807) is 18.2 Å². The van der Waals surface area contributed by atoms with Gasteiger partial charge in [-0.05, 0) is 91.1 Å². The third-order valence-electron chi connectivity index (χ3n) is 7.06. The minimum absolute atomic E-state index is 0.0371. The number of hydrogen-bond donors (Lipinski definition) is 1. The minimum Gasteiger partial charge on any atom is -0.507 e. The third kappa shape index (κ3) is 4.66. The molecule has 194 valence electrons. The highest BCUT2D eigenvalue weighted by atomic mass is 16.5. The molecule has 6 nitrogen and oxygen atoms in total. The van der Waals surface area contributed by atoms with Gasteiger partial charge in [-0.1, -0.05) is 42.5 Å². The fraction of sp³-hybridized carbons (Fsp3) is 0.152. The van der Waals surface area contributed by atoms with E-state index in [4.69, 9.17) is 9.47 Å². The van der Waals surface area contributed by atoms with Gasteiger partial charge in [0.1, 0.15) is 23.0 Å². The number of aliphatic hydroxyl groups is 1. The maximum Gasteiger partial charge on any atom is 0.300 e. The highest BCUT2D eigenvalue weighted by Crippen LogP contribution is 2.43. The van der Waals surface area contributed by atoms with Crippen LogP contribution in [0.15, 0.2) is 103 Å². The van der Waals surface area contributed by atoms with Crippen LogP contribution < -0.4 is 14.4 Å². The quantitative estimate of drug-likeness (QED) is 0.180. The zero-order chi connectivity index (χ0) is 26.9. The molecular formula is C33H27NO5. The summed E-state index contributed by atoms with van der Waals surface area (Å²) in [5.74, 6) is 0.361. The first-order valence-corrected chi connectivity index (χ1v) is 13.0. The highest BCUT2D eigenvalue weighted by Gasteiger charge is 2.47. The number of ether oxygens (including phenoxy) is 2. The molecule has 6 heteroatoms. The summed E-state index contributed by atoms with van der Waals surface area (Å²) < 4.78 is 11.8. The average Bonchev–Trinajstić information content (AvgIpc) is 3.23.